The fourth-order valence-corrected chi connectivity index (χ4v) is 1.62. The number of benzene rings is 1. The van der Waals surface area contributed by atoms with Gasteiger partial charge in [0.2, 0.25) is 5.69 Å². The van der Waals surface area contributed by atoms with Crippen molar-refractivity contribution in [2.45, 2.75) is 0 Å². The summed E-state index contributed by atoms with van der Waals surface area (Å²) in [6, 6.07) is 5.39. The highest BCUT2D eigenvalue weighted by molar-refractivity contribution is 14.1. The van der Waals surface area contributed by atoms with Gasteiger partial charge >= 0.3 is 11.7 Å². The minimum absolute atomic E-state index is 0.285. The van der Waals surface area contributed by atoms with Crippen LogP contribution < -0.4 is 4.99 Å². The molecule has 0 bridgehead atoms. The quantitative estimate of drug-likeness (QED) is 0.662. The number of nitrogens with one attached hydrogen (secondary N) is 1. The summed E-state index contributed by atoms with van der Waals surface area (Å²) in [5, 5.41) is 9.06. The van der Waals surface area contributed by atoms with Gasteiger partial charge in [0.05, 0.1) is 0 Å². The predicted octanol–water partition coefficient (Wildman–Crippen LogP) is 0.156. The van der Waals surface area contributed by atoms with E-state index in [0.29, 0.717) is 11.3 Å². The van der Waals surface area contributed by atoms with Crippen LogP contribution in [0.5, 0.6) is 0 Å². The SMILES string of the molecule is O=C1C(O)=[NH+]c2ccc(I)cc21. The lowest BCUT2D eigenvalue weighted by Crippen LogP contribution is -2.64. The van der Waals surface area contributed by atoms with Crippen LogP contribution >= 0.6 is 22.6 Å². The van der Waals surface area contributed by atoms with Gasteiger partial charge < -0.3 is 5.11 Å². The largest absolute Gasteiger partial charge is 0.457 e. The van der Waals surface area contributed by atoms with Gasteiger partial charge in [-0.1, -0.05) is 0 Å². The summed E-state index contributed by atoms with van der Waals surface area (Å²) in [5.41, 5.74) is 1.22. The molecule has 0 aliphatic carbocycles. The first-order valence-electron chi connectivity index (χ1n) is 3.35. The molecule has 1 aromatic rings. The van der Waals surface area contributed by atoms with Gasteiger partial charge in [0, 0.05) is 9.64 Å². The first-order valence-corrected chi connectivity index (χ1v) is 4.43. The molecule has 1 aromatic carbocycles. The lowest BCUT2D eigenvalue weighted by Gasteiger charge is -1.89. The lowest BCUT2D eigenvalue weighted by molar-refractivity contribution is -0.359. The summed E-state index contributed by atoms with van der Waals surface area (Å²) >= 11 is 2.12. The van der Waals surface area contributed by atoms with Gasteiger partial charge in [-0.05, 0) is 34.7 Å². The Bertz CT molecular complexity index is 398. The highest BCUT2D eigenvalue weighted by Gasteiger charge is 2.31. The Morgan fingerprint density at radius 3 is 2.92 bits per heavy atom. The molecule has 1 heterocycles. The monoisotopic (exact) mass is 274 g/mol. The van der Waals surface area contributed by atoms with Crippen molar-refractivity contribution < 1.29 is 14.9 Å². The molecule has 0 saturated carbocycles. The van der Waals surface area contributed by atoms with Crippen molar-refractivity contribution in [3.63, 3.8) is 0 Å². The second-order valence-electron chi connectivity index (χ2n) is 2.49. The molecule has 2 rings (SSSR count). The van der Waals surface area contributed by atoms with Gasteiger partial charge in [-0.3, -0.25) is 4.79 Å². The number of halogens is 1. The van der Waals surface area contributed by atoms with Crippen molar-refractivity contribution in [3.8, 4) is 0 Å². The Morgan fingerprint density at radius 1 is 1.42 bits per heavy atom. The van der Waals surface area contributed by atoms with Crippen LogP contribution in [0.2, 0.25) is 0 Å². The molecule has 0 spiro atoms. The fourth-order valence-electron chi connectivity index (χ4n) is 1.13. The molecule has 4 heteroatoms. The number of rotatable bonds is 0. The first-order chi connectivity index (χ1) is 5.68. The van der Waals surface area contributed by atoms with Crippen LogP contribution in [0.1, 0.15) is 10.4 Å². The Kier molecular flexibility index (Phi) is 1.64. The topological polar surface area (TPSA) is 51.3 Å². The highest BCUT2D eigenvalue weighted by atomic mass is 127. The number of aliphatic hydroxyl groups is 1. The number of aliphatic hydroxyl groups excluding tert-OH is 1. The summed E-state index contributed by atoms with van der Waals surface area (Å²) in [6.45, 7) is 0. The normalized spacial score (nSPS) is 14.4. The number of Topliss-reactive ketones (excluding diaryl/α,β-unsaturated/α-hetero) is 1. The Labute approximate surface area is 82.3 Å². The van der Waals surface area contributed by atoms with Crippen molar-refractivity contribution in [1.82, 2.24) is 0 Å². The standard InChI is InChI=1S/C8H4INO2/c9-4-1-2-6-5(3-4)7(11)8(12)10-6/h1-3H,(H,10,11,12)/p+1. The Morgan fingerprint density at radius 2 is 2.17 bits per heavy atom. The maximum absolute atomic E-state index is 11.2. The van der Waals surface area contributed by atoms with Crippen molar-refractivity contribution >= 4 is 40.0 Å². The number of hydrogen-bond acceptors (Lipinski definition) is 1. The molecule has 0 amide bonds. The average molecular weight is 274 g/mol. The molecule has 60 valence electrons. The second-order valence-corrected chi connectivity index (χ2v) is 3.74. The number of carbonyl (C=O) groups excluding carboxylic acids is 1. The van der Waals surface area contributed by atoms with Crippen LogP contribution in [-0.2, 0) is 0 Å². The molecule has 3 nitrogen and oxygen atoms in total. The molecule has 0 saturated heterocycles. The van der Waals surface area contributed by atoms with Crippen LogP contribution in [0, 0.1) is 3.57 Å². The van der Waals surface area contributed by atoms with E-state index in [1.165, 1.54) is 0 Å². The van der Waals surface area contributed by atoms with Crippen LogP contribution in [0.3, 0.4) is 0 Å². The number of carbonyl (C=O) groups is 1. The molecule has 0 atom stereocenters. The van der Waals surface area contributed by atoms with Crippen molar-refractivity contribution in [2.24, 2.45) is 0 Å². The third kappa shape index (κ3) is 1.03. The van der Waals surface area contributed by atoms with Gasteiger partial charge in [0.15, 0.2) is 0 Å². The number of fused-ring (bicyclic) bond motifs is 1. The maximum Gasteiger partial charge on any atom is 0.414 e. The maximum atomic E-state index is 11.2. The van der Waals surface area contributed by atoms with E-state index >= 15 is 0 Å². The average Bonchev–Trinajstić information content (AvgIpc) is 2.31. The van der Waals surface area contributed by atoms with E-state index < -0.39 is 0 Å². The number of hydrogen-bond donors (Lipinski definition) is 2. The fraction of sp³-hybridized carbons (Fsp3) is 0. The van der Waals surface area contributed by atoms with E-state index in [9.17, 15) is 4.79 Å². The molecule has 0 aromatic heterocycles. The lowest BCUT2D eigenvalue weighted by atomic mass is 10.1. The van der Waals surface area contributed by atoms with Crippen LogP contribution in [0.4, 0.5) is 5.69 Å². The van der Waals surface area contributed by atoms with Crippen molar-refractivity contribution in [3.05, 3.63) is 27.3 Å². The summed E-state index contributed by atoms with van der Waals surface area (Å²) in [5.74, 6) is -0.615. The predicted molar refractivity (Wildman–Crippen MR) is 51.7 cm³/mol. The van der Waals surface area contributed by atoms with Crippen LogP contribution in [0.15, 0.2) is 18.2 Å². The Hall–Kier alpha value is -0.910. The summed E-state index contributed by atoms with van der Waals surface area (Å²) < 4.78 is 0.983. The summed E-state index contributed by atoms with van der Waals surface area (Å²) in [6.07, 6.45) is 0. The van der Waals surface area contributed by atoms with Crippen molar-refractivity contribution in [1.29, 1.82) is 0 Å². The molecular formula is C8H5INO2+. The zero-order valence-corrected chi connectivity index (χ0v) is 8.12. The van der Waals surface area contributed by atoms with E-state index in [2.05, 4.69) is 27.6 Å². The molecule has 12 heavy (non-hydrogen) atoms. The van der Waals surface area contributed by atoms with E-state index in [1.54, 1.807) is 12.1 Å². The first kappa shape index (κ1) is 7.72. The molecule has 2 N–H and O–H groups in total. The second kappa shape index (κ2) is 2.55. The van der Waals surface area contributed by atoms with Gasteiger partial charge in [-0.25, -0.2) is 0 Å². The van der Waals surface area contributed by atoms with Gasteiger partial charge in [-0.2, -0.15) is 4.99 Å². The van der Waals surface area contributed by atoms with Crippen LogP contribution in [-0.4, -0.2) is 16.8 Å². The van der Waals surface area contributed by atoms with Gasteiger partial charge in [0.25, 0.3) is 0 Å². The number of ketones is 1. The molecule has 0 fully saturated rings. The minimum atomic E-state index is -0.330. The third-order valence-corrected chi connectivity index (χ3v) is 2.37. The molecule has 1 aliphatic heterocycles. The third-order valence-electron chi connectivity index (χ3n) is 1.69. The molecule has 0 unspecified atom stereocenters. The van der Waals surface area contributed by atoms with E-state index in [0.717, 1.165) is 3.57 Å². The smallest absolute Gasteiger partial charge is 0.414 e. The summed E-state index contributed by atoms with van der Waals surface area (Å²) in [4.78, 5) is 13.8. The van der Waals surface area contributed by atoms with Gasteiger partial charge in [0.1, 0.15) is 5.56 Å². The highest BCUT2D eigenvalue weighted by Crippen LogP contribution is 2.17. The minimum Gasteiger partial charge on any atom is -0.457 e. The van der Waals surface area contributed by atoms with Gasteiger partial charge in [-0.15, -0.1) is 0 Å². The van der Waals surface area contributed by atoms with Crippen LogP contribution in [0.25, 0.3) is 0 Å². The van der Waals surface area contributed by atoms with Crippen molar-refractivity contribution in [2.75, 3.05) is 0 Å². The summed E-state index contributed by atoms with van der Waals surface area (Å²) in [7, 11) is 0. The molecular weight excluding hydrogens is 269 g/mol. The zero-order chi connectivity index (χ0) is 8.72. The molecule has 1 aliphatic rings. The van der Waals surface area contributed by atoms with E-state index in [4.69, 9.17) is 5.11 Å². The van der Waals surface area contributed by atoms with E-state index in [-0.39, 0.29) is 11.7 Å². The molecule has 0 radical (unpaired) electrons. The van der Waals surface area contributed by atoms with E-state index in [1.807, 2.05) is 6.07 Å². The Balaban J connectivity index is 2.65. The zero-order valence-electron chi connectivity index (χ0n) is 5.97.